The van der Waals surface area contributed by atoms with Crippen LogP contribution in [0.5, 0.6) is 0 Å². The fourth-order valence-corrected chi connectivity index (χ4v) is 2.15. The van der Waals surface area contributed by atoms with Crippen molar-refractivity contribution in [2.24, 2.45) is 5.92 Å². The molecule has 0 bridgehead atoms. The van der Waals surface area contributed by atoms with Gasteiger partial charge in [-0.15, -0.1) is 10.1 Å². The first-order valence-electron chi connectivity index (χ1n) is 5.56. The van der Waals surface area contributed by atoms with Gasteiger partial charge in [-0.3, -0.25) is 0 Å². The van der Waals surface area contributed by atoms with Crippen LogP contribution in [0.15, 0.2) is 0 Å². The highest BCUT2D eigenvalue weighted by Gasteiger charge is 2.12. The van der Waals surface area contributed by atoms with Gasteiger partial charge in [0, 0.05) is 0 Å². The zero-order chi connectivity index (χ0) is 10.2. The maximum atomic E-state index is 9.85. The van der Waals surface area contributed by atoms with Gasteiger partial charge in [0.15, 0.2) is 0 Å². The molecule has 0 atom stereocenters. The molecule has 0 radical (unpaired) electrons. The summed E-state index contributed by atoms with van der Waals surface area (Å²) in [6.07, 6.45) is 9.95. The summed E-state index contributed by atoms with van der Waals surface area (Å²) in [5.74, 6) is 0.874. The van der Waals surface area contributed by atoms with E-state index in [4.69, 9.17) is 0 Å². The minimum atomic E-state index is -0.708. The summed E-state index contributed by atoms with van der Waals surface area (Å²) in [5.41, 5.74) is 0. The zero-order valence-corrected chi connectivity index (χ0v) is 8.61. The lowest BCUT2D eigenvalue weighted by Gasteiger charge is -2.21. The average Bonchev–Trinajstić information content (AvgIpc) is 2.18. The van der Waals surface area contributed by atoms with E-state index in [1.54, 1.807) is 0 Å². The van der Waals surface area contributed by atoms with Crippen LogP contribution in [0, 0.1) is 16.0 Å². The Morgan fingerprint density at radius 3 is 2.57 bits per heavy atom. The number of hydrogen-bond donors (Lipinski definition) is 0. The third-order valence-electron chi connectivity index (χ3n) is 2.93. The van der Waals surface area contributed by atoms with E-state index in [9.17, 15) is 10.1 Å². The Kier molecular flexibility index (Phi) is 5.33. The fourth-order valence-electron chi connectivity index (χ4n) is 2.15. The Balaban J connectivity index is 1.90. The van der Waals surface area contributed by atoms with E-state index in [-0.39, 0.29) is 6.61 Å². The number of unbranched alkanes of at least 4 members (excludes halogenated alkanes) is 1. The first-order valence-corrected chi connectivity index (χ1v) is 5.56. The summed E-state index contributed by atoms with van der Waals surface area (Å²) < 4.78 is 0. The maximum absolute atomic E-state index is 9.85. The van der Waals surface area contributed by atoms with Crippen molar-refractivity contribution in [1.82, 2.24) is 0 Å². The van der Waals surface area contributed by atoms with Gasteiger partial charge in [0.05, 0.1) is 6.61 Å². The normalized spacial score (nSPS) is 18.0. The first kappa shape index (κ1) is 11.3. The van der Waals surface area contributed by atoms with Crippen LogP contribution in [0.4, 0.5) is 0 Å². The Hall–Kier alpha value is -0.800. The van der Waals surface area contributed by atoms with Gasteiger partial charge in [-0.05, 0) is 12.3 Å². The van der Waals surface area contributed by atoms with Gasteiger partial charge >= 0.3 is 0 Å². The standard InChI is InChI=1S/C10H19NO3/c12-11(13)14-9-5-4-8-10-6-2-1-3-7-10/h10H,1-9H2. The van der Waals surface area contributed by atoms with E-state index in [1.165, 1.54) is 38.5 Å². The molecule has 1 aliphatic carbocycles. The maximum Gasteiger partial charge on any atom is 0.294 e. The van der Waals surface area contributed by atoms with Crippen molar-refractivity contribution >= 4 is 0 Å². The molecule has 0 aromatic carbocycles. The van der Waals surface area contributed by atoms with Crippen LogP contribution in [0.2, 0.25) is 0 Å². The Morgan fingerprint density at radius 2 is 1.93 bits per heavy atom. The van der Waals surface area contributed by atoms with E-state index in [1.807, 2.05) is 0 Å². The van der Waals surface area contributed by atoms with Gasteiger partial charge < -0.3 is 4.84 Å². The predicted octanol–water partition coefficient (Wildman–Crippen LogP) is 2.95. The largest absolute Gasteiger partial charge is 0.314 e. The zero-order valence-electron chi connectivity index (χ0n) is 8.61. The van der Waals surface area contributed by atoms with Gasteiger partial charge in [0.1, 0.15) is 0 Å². The van der Waals surface area contributed by atoms with Gasteiger partial charge in [-0.1, -0.05) is 44.9 Å². The molecule has 1 aliphatic rings. The highest BCUT2D eigenvalue weighted by Crippen LogP contribution is 2.27. The van der Waals surface area contributed by atoms with E-state index >= 15 is 0 Å². The van der Waals surface area contributed by atoms with Crippen molar-refractivity contribution < 1.29 is 9.92 Å². The third kappa shape index (κ3) is 5.04. The molecule has 1 rings (SSSR count). The minimum Gasteiger partial charge on any atom is -0.314 e. The lowest BCUT2D eigenvalue weighted by molar-refractivity contribution is -0.757. The molecule has 4 nitrogen and oxygen atoms in total. The minimum absolute atomic E-state index is 0.264. The van der Waals surface area contributed by atoms with Crippen LogP contribution in [-0.2, 0) is 4.84 Å². The molecule has 0 aromatic rings. The van der Waals surface area contributed by atoms with Gasteiger partial charge in [-0.2, -0.15) is 0 Å². The second-order valence-corrected chi connectivity index (χ2v) is 4.06. The monoisotopic (exact) mass is 201 g/mol. The highest BCUT2D eigenvalue weighted by atomic mass is 16.9. The van der Waals surface area contributed by atoms with Crippen LogP contribution in [0.25, 0.3) is 0 Å². The molecule has 4 heteroatoms. The quantitative estimate of drug-likeness (QED) is 0.377. The van der Waals surface area contributed by atoms with Crippen LogP contribution >= 0.6 is 0 Å². The molecule has 0 saturated heterocycles. The number of hydrogen-bond acceptors (Lipinski definition) is 3. The Morgan fingerprint density at radius 1 is 1.21 bits per heavy atom. The lowest BCUT2D eigenvalue weighted by atomic mass is 9.86. The molecule has 82 valence electrons. The van der Waals surface area contributed by atoms with Gasteiger partial charge in [0.25, 0.3) is 5.09 Å². The van der Waals surface area contributed by atoms with Crippen molar-refractivity contribution in [2.45, 2.75) is 51.4 Å². The smallest absolute Gasteiger partial charge is 0.294 e. The molecular formula is C10H19NO3. The fraction of sp³-hybridized carbons (Fsp3) is 1.00. The third-order valence-corrected chi connectivity index (χ3v) is 2.93. The second kappa shape index (κ2) is 6.62. The van der Waals surface area contributed by atoms with Crippen LogP contribution in [-0.4, -0.2) is 11.7 Å². The van der Waals surface area contributed by atoms with E-state index in [2.05, 4.69) is 4.84 Å². The molecule has 14 heavy (non-hydrogen) atoms. The molecule has 0 unspecified atom stereocenters. The highest BCUT2D eigenvalue weighted by molar-refractivity contribution is 4.65. The topological polar surface area (TPSA) is 52.4 Å². The summed E-state index contributed by atoms with van der Waals surface area (Å²) >= 11 is 0. The summed E-state index contributed by atoms with van der Waals surface area (Å²) in [5, 5.41) is 9.14. The Labute approximate surface area is 84.7 Å². The van der Waals surface area contributed by atoms with Crippen LogP contribution in [0.3, 0.4) is 0 Å². The summed E-state index contributed by atoms with van der Waals surface area (Å²) in [7, 11) is 0. The van der Waals surface area contributed by atoms with Crippen molar-refractivity contribution in [3.8, 4) is 0 Å². The molecule has 1 fully saturated rings. The van der Waals surface area contributed by atoms with E-state index in [0.717, 1.165) is 18.8 Å². The number of nitrogens with zero attached hydrogens (tertiary/aromatic N) is 1. The molecule has 0 amide bonds. The molecule has 0 heterocycles. The van der Waals surface area contributed by atoms with Crippen molar-refractivity contribution in [1.29, 1.82) is 0 Å². The summed E-state index contributed by atoms with van der Waals surface area (Å²) in [6, 6.07) is 0. The summed E-state index contributed by atoms with van der Waals surface area (Å²) in [6.45, 7) is 0.264. The molecule has 1 saturated carbocycles. The first-order chi connectivity index (χ1) is 6.79. The average molecular weight is 201 g/mol. The van der Waals surface area contributed by atoms with E-state index in [0.29, 0.717) is 0 Å². The van der Waals surface area contributed by atoms with Crippen molar-refractivity contribution in [3.05, 3.63) is 10.1 Å². The van der Waals surface area contributed by atoms with E-state index < -0.39 is 5.09 Å². The molecule has 0 aromatic heterocycles. The van der Waals surface area contributed by atoms with Gasteiger partial charge in [-0.25, -0.2) is 0 Å². The summed E-state index contributed by atoms with van der Waals surface area (Å²) in [4.78, 5) is 14.1. The van der Waals surface area contributed by atoms with Crippen molar-refractivity contribution in [3.63, 3.8) is 0 Å². The molecular weight excluding hydrogens is 182 g/mol. The SMILES string of the molecule is O=[N+]([O-])OCCCCC1CCCCC1. The van der Waals surface area contributed by atoms with Crippen molar-refractivity contribution in [2.75, 3.05) is 6.61 Å². The Bertz CT molecular complexity index is 167. The predicted molar refractivity (Wildman–Crippen MR) is 53.4 cm³/mol. The molecule has 0 aliphatic heterocycles. The second-order valence-electron chi connectivity index (χ2n) is 4.06. The van der Waals surface area contributed by atoms with Gasteiger partial charge in [0.2, 0.25) is 0 Å². The number of rotatable bonds is 6. The van der Waals surface area contributed by atoms with Crippen LogP contribution in [0.1, 0.15) is 51.4 Å². The van der Waals surface area contributed by atoms with Crippen LogP contribution < -0.4 is 0 Å². The lowest BCUT2D eigenvalue weighted by Crippen LogP contribution is -2.07. The molecule has 0 N–H and O–H groups in total. The molecule has 0 spiro atoms.